The molecule has 0 spiro atoms. The van der Waals surface area contributed by atoms with E-state index >= 15 is 0 Å². The second-order valence-electron chi connectivity index (χ2n) is 8.47. The van der Waals surface area contributed by atoms with Gasteiger partial charge in [-0.15, -0.1) is 0 Å². The van der Waals surface area contributed by atoms with Crippen molar-refractivity contribution in [2.45, 2.75) is 51.9 Å². The van der Waals surface area contributed by atoms with E-state index in [9.17, 15) is 27.6 Å². The van der Waals surface area contributed by atoms with Crippen LogP contribution in [-0.2, 0) is 19.1 Å². The third kappa shape index (κ3) is 2.85. The Hall–Kier alpha value is -1.80. The number of carbonyl (C=O) groups excluding carboxylic acids is 3. The minimum atomic E-state index is -5.07. The summed E-state index contributed by atoms with van der Waals surface area (Å²) in [5.74, 6) is -3.33. The van der Waals surface area contributed by atoms with Crippen LogP contribution >= 0.6 is 0 Å². The van der Waals surface area contributed by atoms with E-state index < -0.39 is 41.5 Å². The molecule has 0 unspecified atom stereocenters. The first-order chi connectivity index (χ1) is 11.8. The molecule has 3 fully saturated rings. The Kier molecular flexibility index (Phi) is 4.08. The van der Waals surface area contributed by atoms with Gasteiger partial charge < -0.3 is 15.0 Å². The van der Waals surface area contributed by atoms with Gasteiger partial charge in [0.2, 0.25) is 5.91 Å². The number of alkyl halides is 3. The van der Waals surface area contributed by atoms with E-state index in [2.05, 4.69) is 0 Å². The molecular formula is C17H23F3N2O4. The maximum atomic E-state index is 13.0. The standard InChI is InChI=1S/C17H23F3N2O4/c1-15(2)8-7-22(10(9(8)15)13(24)26-4)12(23)11(16(3)5-6-16)21-14(25)17(18,19)20/h8-11H,5-7H2,1-4H3,(H,21,25)/t8-,9-,10-,11+/m0/s1. The lowest BCUT2D eigenvalue weighted by Crippen LogP contribution is -2.58. The summed E-state index contributed by atoms with van der Waals surface area (Å²) in [5.41, 5.74) is -0.842. The summed E-state index contributed by atoms with van der Waals surface area (Å²) in [4.78, 5) is 38.0. The molecule has 1 aliphatic heterocycles. The Morgan fingerprint density at radius 1 is 1.19 bits per heavy atom. The number of fused-ring (bicyclic) bond motifs is 1. The molecule has 2 amide bonds. The number of esters is 1. The van der Waals surface area contributed by atoms with Crippen LogP contribution in [0.1, 0.15) is 33.6 Å². The third-order valence-electron chi connectivity index (χ3n) is 6.45. The van der Waals surface area contributed by atoms with Gasteiger partial charge >= 0.3 is 18.1 Å². The van der Waals surface area contributed by atoms with Gasteiger partial charge in [-0.05, 0) is 29.6 Å². The number of amides is 2. The molecule has 1 saturated heterocycles. The molecule has 3 rings (SSSR count). The molecule has 2 saturated carbocycles. The van der Waals surface area contributed by atoms with Crippen molar-refractivity contribution in [3.05, 3.63) is 0 Å². The fourth-order valence-corrected chi connectivity index (χ4v) is 4.30. The fourth-order valence-electron chi connectivity index (χ4n) is 4.30. The van der Waals surface area contributed by atoms with Crippen molar-refractivity contribution in [2.24, 2.45) is 22.7 Å². The molecule has 0 radical (unpaired) electrons. The number of halogens is 3. The summed E-state index contributed by atoms with van der Waals surface area (Å²) in [6, 6.07) is -2.12. The quantitative estimate of drug-likeness (QED) is 0.755. The van der Waals surface area contributed by atoms with Crippen LogP contribution < -0.4 is 5.32 Å². The van der Waals surface area contributed by atoms with Crippen LogP contribution in [0.25, 0.3) is 0 Å². The van der Waals surface area contributed by atoms with Gasteiger partial charge in [0.25, 0.3) is 0 Å². The molecule has 26 heavy (non-hydrogen) atoms. The number of nitrogens with zero attached hydrogens (tertiary/aromatic N) is 1. The lowest BCUT2D eigenvalue weighted by molar-refractivity contribution is -0.176. The van der Waals surface area contributed by atoms with Crippen molar-refractivity contribution < 1.29 is 32.3 Å². The first-order valence-electron chi connectivity index (χ1n) is 8.60. The molecule has 4 atom stereocenters. The number of nitrogens with one attached hydrogen (secondary N) is 1. The van der Waals surface area contributed by atoms with E-state index in [1.165, 1.54) is 12.0 Å². The topological polar surface area (TPSA) is 75.7 Å². The van der Waals surface area contributed by atoms with E-state index in [-0.39, 0.29) is 23.8 Å². The summed E-state index contributed by atoms with van der Waals surface area (Å²) in [5, 5.41) is 1.86. The molecule has 1 heterocycles. The van der Waals surface area contributed by atoms with Crippen molar-refractivity contribution in [3.63, 3.8) is 0 Å². The second-order valence-corrected chi connectivity index (χ2v) is 8.47. The molecule has 6 nitrogen and oxygen atoms in total. The van der Waals surface area contributed by atoms with Gasteiger partial charge in [-0.25, -0.2) is 4.79 Å². The van der Waals surface area contributed by atoms with E-state index in [1.807, 2.05) is 19.2 Å². The molecule has 9 heteroatoms. The molecule has 0 bridgehead atoms. The zero-order valence-corrected chi connectivity index (χ0v) is 15.1. The Bertz CT molecular complexity index is 657. The summed E-state index contributed by atoms with van der Waals surface area (Å²) < 4.78 is 42.9. The number of piperidine rings is 1. The van der Waals surface area contributed by atoms with E-state index in [0.29, 0.717) is 12.8 Å². The van der Waals surface area contributed by atoms with Crippen LogP contribution in [0.5, 0.6) is 0 Å². The van der Waals surface area contributed by atoms with Gasteiger partial charge in [-0.3, -0.25) is 9.59 Å². The van der Waals surface area contributed by atoms with Gasteiger partial charge in [-0.2, -0.15) is 13.2 Å². The van der Waals surface area contributed by atoms with E-state index in [1.54, 1.807) is 6.92 Å². The number of likely N-dealkylation sites (tertiary alicyclic amines) is 1. The van der Waals surface area contributed by atoms with Crippen LogP contribution in [0, 0.1) is 22.7 Å². The number of carbonyl (C=O) groups is 3. The summed E-state index contributed by atoms with van der Waals surface area (Å²) >= 11 is 0. The van der Waals surface area contributed by atoms with Gasteiger partial charge in [-0.1, -0.05) is 20.8 Å². The number of rotatable bonds is 4. The average molecular weight is 376 g/mol. The highest BCUT2D eigenvalue weighted by Gasteiger charge is 2.70. The maximum absolute atomic E-state index is 13.0. The fraction of sp³-hybridized carbons (Fsp3) is 0.824. The highest BCUT2D eigenvalue weighted by Crippen LogP contribution is 2.65. The summed E-state index contributed by atoms with van der Waals surface area (Å²) in [7, 11) is 1.22. The van der Waals surface area contributed by atoms with E-state index in [4.69, 9.17) is 4.74 Å². The normalized spacial score (nSPS) is 31.7. The lowest BCUT2D eigenvalue weighted by atomic mass is 9.95. The highest BCUT2D eigenvalue weighted by atomic mass is 19.4. The monoisotopic (exact) mass is 376 g/mol. The van der Waals surface area contributed by atoms with Gasteiger partial charge in [0.15, 0.2) is 0 Å². The summed E-state index contributed by atoms with van der Waals surface area (Å²) in [6.45, 7) is 5.93. The van der Waals surface area contributed by atoms with Crippen molar-refractivity contribution in [3.8, 4) is 0 Å². The van der Waals surface area contributed by atoms with Crippen molar-refractivity contribution in [1.82, 2.24) is 10.2 Å². The predicted octanol–water partition coefficient (Wildman–Crippen LogP) is 1.49. The van der Waals surface area contributed by atoms with Crippen LogP contribution in [0.4, 0.5) is 13.2 Å². The van der Waals surface area contributed by atoms with Crippen molar-refractivity contribution in [2.75, 3.05) is 13.7 Å². The lowest BCUT2D eigenvalue weighted by Gasteiger charge is -2.34. The number of ether oxygens (including phenoxy) is 1. The highest BCUT2D eigenvalue weighted by molar-refractivity contribution is 5.94. The number of methoxy groups -OCH3 is 1. The van der Waals surface area contributed by atoms with Gasteiger partial charge in [0.1, 0.15) is 12.1 Å². The molecule has 1 N–H and O–H groups in total. The largest absolute Gasteiger partial charge is 0.471 e. The first-order valence-corrected chi connectivity index (χ1v) is 8.60. The third-order valence-corrected chi connectivity index (χ3v) is 6.45. The Morgan fingerprint density at radius 3 is 2.23 bits per heavy atom. The molecule has 3 aliphatic rings. The van der Waals surface area contributed by atoms with Gasteiger partial charge in [0, 0.05) is 12.5 Å². The molecule has 0 aromatic rings. The minimum absolute atomic E-state index is 0.0788. The first kappa shape index (κ1) is 19.0. The zero-order chi connectivity index (χ0) is 19.7. The van der Waals surface area contributed by atoms with Crippen molar-refractivity contribution in [1.29, 1.82) is 0 Å². The number of hydrogen-bond donors (Lipinski definition) is 1. The molecule has 146 valence electrons. The SMILES string of the molecule is COC(=O)[C@@H]1[C@@H]2[C@H](CN1C(=O)[C@@H](NC(=O)C(F)(F)F)C1(C)CC1)C2(C)C. The maximum Gasteiger partial charge on any atom is 0.471 e. The van der Waals surface area contributed by atoms with Crippen LogP contribution in [0.2, 0.25) is 0 Å². The number of hydrogen-bond acceptors (Lipinski definition) is 4. The average Bonchev–Trinajstić information content (AvgIpc) is 3.32. The molecule has 0 aromatic carbocycles. The van der Waals surface area contributed by atoms with Crippen LogP contribution in [-0.4, -0.2) is 54.6 Å². The van der Waals surface area contributed by atoms with E-state index in [0.717, 1.165) is 0 Å². The van der Waals surface area contributed by atoms with Gasteiger partial charge in [0.05, 0.1) is 7.11 Å². The summed E-state index contributed by atoms with van der Waals surface area (Å²) in [6.07, 6.45) is -3.99. The molecule has 0 aromatic heterocycles. The van der Waals surface area contributed by atoms with Crippen LogP contribution in [0.15, 0.2) is 0 Å². The van der Waals surface area contributed by atoms with Crippen molar-refractivity contribution >= 4 is 17.8 Å². The predicted molar refractivity (Wildman–Crippen MR) is 83.6 cm³/mol. The van der Waals surface area contributed by atoms with Crippen LogP contribution in [0.3, 0.4) is 0 Å². The zero-order valence-electron chi connectivity index (χ0n) is 15.1. The minimum Gasteiger partial charge on any atom is -0.467 e. The Labute approximate surface area is 149 Å². The Morgan fingerprint density at radius 2 is 1.77 bits per heavy atom. The molecule has 2 aliphatic carbocycles. The second kappa shape index (κ2) is 5.60. The Balaban J connectivity index is 1.83. The molecular weight excluding hydrogens is 353 g/mol. The smallest absolute Gasteiger partial charge is 0.467 e.